The van der Waals surface area contributed by atoms with Crippen LogP contribution >= 0.6 is 0 Å². The highest BCUT2D eigenvalue weighted by molar-refractivity contribution is 5.98. The molecule has 176 valence electrons. The van der Waals surface area contributed by atoms with Crippen LogP contribution in [-0.2, 0) is 4.74 Å². The van der Waals surface area contributed by atoms with E-state index >= 15 is 0 Å². The molecule has 1 aromatic heterocycles. The number of aromatic nitrogens is 1. The predicted octanol–water partition coefficient (Wildman–Crippen LogP) is 0.779. The average Bonchev–Trinajstić information content (AvgIpc) is 2.84. The zero-order valence-corrected chi connectivity index (χ0v) is 18.7. The minimum Gasteiger partial charge on any atom is -0.493 e. The monoisotopic (exact) mass is 463 g/mol. The first-order chi connectivity index (χ1) is 16.5. The first-order valence-electron chi connectivity index (χ1n) is 10.7. The van der Waals surface area contributed by atoms with Gasteiger partial charge in [-0.25, -0.2) is 9.98 Å². The average molecular weight is 464 g/mol. The van der Waals surface area contributed by atoms with E-state index in [4.69, 9.17) is 30.9 Å². The summed E-state index contributed by atoms with van der Waals surface area (Å²) in [4.78, 5) is 11.1. The van der Waals surface area contributed by atoms with Crippen molar-refractivity contribution in [1.82, 2.24) is 15.2 Å². The third-order valence-corrected chi connectivity index (χ3v) is 5.63. The topological polar surface area (TPSA) is 180 Å². The molecule has 1 fully saturated rings. The summed E-state index contributed by atoms with van der Waals surface area (Å²) in [6, 6.07) is 6.75. The number of nitrogen functional groups attached to an aromatic ring is 2. The van der Waals surface area contributed by atoms with Crippen molar-refractivity contribution in [2.45, 2.75) is 6.04 Å². The lowest BCUT2D eigenvalue weighted by Crippen LogP contribution is -2.38. The standard InChI is InChI=1S/C22H25N9O3/c1-32-16-10-13(2-3-15(16)34-9-6-31-4-7-33-8-5-31)19-17-18(25)14(11-23)20(26)29-21(17)30-22(28-19)27-12-24/h2-3,10,19H,4-9H2,1H3,(H6,25,26,27,28,29,30). The fourth-order valence-corrected chi connectivity index (χ4v) is 3.91. The van der Waals surface area contributed by atoms with Crippen LogP contribution in [0.5, 0.6) is 11.5 Å². The molecule has 0 radical (unpaired) electrons. The maximum absolute atomic E-state index is 9.48. The van der Waals surface area contributed by atoms with Crippen LogP contribution in [0.25, 0.3) is 0 Å². The molecule has 12 nitrogen and oxygen atoms in total. The molecule has 2 aromatic rings. The normalized spacial score (nSPS) is 17.4. The van der Waals surface area contributed by atoms with Crippen molar-refractivity contribution in [3.63, 3.8) is 0 Å². The summed E-state index contributed by atoms with van der Waals surface area (Å²) < 4.78 is 16.9. The summed E-state index contributed by atoms with van der Waals surface area (Å²) in [5, 5.41) is 23.9. The van der Waals surface area contributed by atoms with Crippen LogP contribution < -0.4 is 31.6 Å². The molecule has 4 rings (SSSR count). The summed E-state index contributed by atoms with van der Waals surface area (Å²) in [5.41, 5.74) is 13.6. The number of nitrogens with zero attached hydrogens (tertiary/aromatic N) is 5. The quantitative estimate of drug-likeness (QED) is 0.351. The SMILES string of the molecule is COc1cc(C2N=C(NC#N)Nc3nc(N)c(C#N)c(N)c32)ccc1OCCN1CCOCC1. The highest BCUT2D eigenvalue weighted by Gasteiger charge is 2.30. The van der Waals surface area contributed by atoms with E-state index in [0.717, 1.165) is 32.8 Å². The van der Waals surface area contributed by atoms with E-state index in [9.17, 15) is 5.26 Å². The highest BCUT2D eigenvalue weighted by Crippen LogP contribution is 2.42. The summed E-state index contributed by atoms with van der Waals surface area (Å²) in [6.45, 7) is 4.52. The van der Waals surface area contributed by atoms with Crippen LogP contribution in [0, 0.1) is 22.8 Å². The number of nitrogens with one attached hydrogen (secondary N) is 2. The van der Waals surface area contributed by atoms with E-state index in [-0.39, 0.29) is 23.0 Å². The smallest absolute Gasteiger partial charge is 0.211 e. The highest BCUT2D eigenvalue weighted by atomic mass is 16.5. The number of pyridine rings is 1. The molecule has 1 aromatic carbocycles. The van der Waals surface area contributed by atoms with E-state index < -0.39 is 6.04 Å². The lowest BCUT2D eigenvalue weighted by molar-refractivity contribution is 0.0321. The summed E-state index contributed by atoms with van der Waals surface area (Å²) in [7, 11) is 1.56. The van der Waals surface area contributed by atoms with Gasteiger partial charge in [0.25, 0.3) is 0 Å². The van der Waals surface area contributed by atoms with E-state index in [1.54, 1.807) is 19.2 Å². The summed E-state index contributed by atoms with van der Waals surface area (Å²) in [6.07, 6.45) is 1.83. The van der Waals surface area contributed by atoms with Gasteiger partial charge in [0, 0.05) is 25.2 Å². The number of guanidine groups is 1. The number of fused-ring (bicyclic) bond motifs is 1. The molecule has 0 amide bonds. The van der Waals surface area contributed by atoms with Crippen molar-refractivity contribution >= 4 is 23.3 Å². The minimum atomic E-state index is -0.663. The van der Waals surface area contributed by atoms with Crippen molar-refractivity contribution in [2.75, 3.05) is 63.3 Å². The Balaban J connectivity index is 1.64. The molecule has 6 N–H and O–H groups in total. The van der Waals surface area contributed by atoms with E-state index in [2.05, 4.69) is 25.5 Å². The maximum atomic E-state index is 9.48. The largest absolute Gasteiger partial charge is 0.493 e. The number of hydrogen-bond acceptors (Lipinski definition) is 12. The van der Waals surface area contributed by atoms with Gasteiger partial charge in [-0.3, -0.25) is 10.2 Å². The van der Waals surface area contributed by atoms with Crippen LogP contribution in [0.15, 0.2) is 23.2 Å². The molecule has 3 heterocycles. The second-order valence-corrected chi connectivity index (χ2v) is 7.61. The van der Waals surface area contributed by atoms with Crippen molar-refractivity contribution in [3.05, 3.63) is 34.9 Å². The van der Waals surface area contributed by atoms with Gasteiger partial charge < -0.3 is 31.0 Å². The summed E-state index contributed by atoms with van der Waals surface area (Å²) in [5.74, 6) is 1.60. The van der Waals surface area contributed by atoms with Crippen LogP contribution in [-0.4, -0.2) is 62.4 Å². The van der Waals surface area contributed by atoms with Crippen LogP contribution in [0.4, 0.5) is 17.3 Å². The number of rotatable bonds is 6. The molecule has 1 unspecified atom stereocenters. The third kappa shape index (κ3) is 4.59. The van der Waals surface area contributed by atoms with Gasteiger partial charge in [0.2, 0.25) is 5.96 Å². The molecule has 0 aliphatic carbocycles. The van der Waals surface area contributed by atoms with E-state index in [1.807, 2.05) is 18.3 Å². The molecule has 34 heavy (non-hydrogen) atoms. The lowest BCUT2D eigenvalue weighted by Gasteiger charge is -2.27. The van der Waals surface area contributed by atoms with Crippen molar-refractivity contribution in [3.8, 4) is 23.8 Å². The van der Waals surface area contributed by atoms with Crippen LogP contribution in [0.2, 0.25) is 0 Å². The van der Waals surface area contributed by atoms with Gasteiger partial charge in [0.15, 0.2) is 17.7 Å². The predicted molar refractivity (Wildman–Crippen MR) is 125 cm³/mol. The Morgan fingerprint density at radius 1 is 1.26 bits per heavy atom. The first-order valence-corrected chi connectivity index (χ1v) is 10.7. The number of benzene rings is 1. The number of aliphatic imine (C=N–C) groups is 1. The van der Waals surface area contributed by atoms with Gasteiger partial charge in [-0.05, 0) is 17.7 Å². The zero-order chi connectivity index (χ0) is 24.1. The van der Waals surface area contributed by atoms with Gasteiger partial charge >= 0.3 is 0 Å². The zero-order valence-electron chi connectivity index (χ0n) is 18.7. The van der Waals surface area contributed by atoms with Gasteiger partial charge in [-0.15, -0.1) is 0 Å². The molecule has 2 aliphatic heterocycles. The van der Waals surface area contributed by atoms with Gasteiger partial charge in [-0.1, -0.05) is 6.07 Å². The number of methoxy groups -OCH3 is 1. The fourth-order valence-electron chi connectivity index (χ4n) is 3.91. The van der Waals surface area contributed by atoms with Crippen LogP contribution in [0.1, 0.15) is 22.7 Å². The van der Waals surface area contributed by atoms with Gasteiger partial charge in [-0.2, -0.15) is 10.5 Å². The molecule has 1 atom stereocenters. The van der Waals surface area contributed by atoms with Crippen LogP contribution in [0.3, 0.4) is 0 Å². The number of anilines is 3. The number of nitrogens with two attached hydrogens (primary N) is 2. The third-order valence-electron chi connectivity index (χ3n) is 5.63. The number of morpholine rings is 1. The van der Waals surface area contributed by atoms with Gasteiger partial charge in [0.05, 0.1) is 26.0 Å². The Morgan fingerprint density at radius 3 is 2.76 bits per heavy atom. The number of ether oxygens (including phenoxy) is 3. The molecule has 12 heteroatoms. The molecule has 0 saturated carbocycles. The fraction of sp³-hybridized carbons (Fsp3) is 0.364. The Morgan fingerprint density at radius 2 is 2.06 bits per heavy atom. The van der Waals surface area contributed by atoms with Crippen molar-refractivity contribution in [1.29, 1.82) is 10.5 Å². The van der Waals surface area contributed by atoms with Gasteiger partial charge in [0.1, 0.15) is 35.9 Å². The first kappa shape index (κ1) is 22.9. The van der Waals surface area contributed by atoms with Crippen molar-refractivity contribution in [2.24, 2.45) is 4.99 Å². The molecule has 0 bridgehead atoms. The van der Waals surface area contributed by atoms with E-state index in [1.165, 1.54) is 0 Å². The number of hydrogen-bond donors (Lipinski definition) is 4. The molecular formula is C22H25N9O3. The Bertz CT molecular complexity index is 1180. The second kappa shape index (κ2) is 10.1. The number of nitriles is 2. The Labute approximate surface area is 196 Å². The lowest BCUT2D eigenvalue weighted by atomic mass is 9.95. The Kier molecular flexibility index (Phi) is 6.82. The molecule has 1 saturated heterocycles. The summed E-state index contributed by atoms with van der Waals surface area (Å²) >= 11 is 0. The minimum absolute atomic E-state index is 0.00944. The Hall–Kier alpha value is -4.26. The van der Waals surface area contributed by atoms with Crippen molar-refractivity contribution < 1.29 is 14.2 Å². The maximum Gasteiger partial charge on any atom is 0.211 e. The molecule has 0 spiro atoms. The molecule has 2 aliphatic rings. The molecular weight excluding hydrogens is 438 g/mol. The second-order valence-electron chi connectivity index (χ2n) is 7.61. The van der Waals surface area contributed by atoms with E-state index in [0.29, 0.717) is 35.1 Å².